The van der Waals surface area contributed by atoms with Gasteiger partial charge in [-0.3, -0.25) is 9.59 Å². The second kappa shape index (κ2) is 8.17. The number of rotatable bonds is 5. The lowest BCUT2D eigenvalue weighted by molar-refractivity contribution is -0.132. The third-order valence-electron chi connectivity index (χ3n) is 3.82. The third kappa shape index (κ3) is 4.58. The Labute approximate surface area is 131 Å². The zero-order chi connectivity index (χ0) is 15.8. The Morgan fingerprint density at radius 1 is 1.23 bits per heavy atom. The highest BCUT2D eigenvalue weighted by molar-refractivity contribution is 5.92. The van der Waals surface area contributed by atoms with Crippen molar-refractivity contribution in [3.05, 3.63) is 54.6 Å². The SMILES string of the molecule is C=CCNC(=O)C1CCN(C(=O)C=Cc2ccccc2)CC1. The van der Waals surface area contributed by atoms with Gasteiger partial charge >= 0.3 is 0 Å². The molecule has 0 saturated carbocycles. The Kier molecular flexibility index (Phi) is 5.95. The van der Waals surface area contributed by atoms with E-state index in [1.807, 2.05) is 36.4 Å². The van der Waals surface area contributed by atoms with Crippen LogP contribution in [0.4, 0.5) is 0 Å². The van der Waals surface area contributed by atoms with Gasteiger partial charge in [-0.25, -0.2) is 0 Å². The number of carbonyl (C=O) groups excluding carboxylic acids is 2. The molecule has 1 aromatic carbocycles. The molecule has 1 heterocycles. The third-order valence-corrected chi connectivity index (χ3v) is 3.82. The zero-order valence-electron chi connectivity index (χ0n) is 12.7. The van der Waals surface area contributed by atoms with Crippen molar-refractivity contribution in [3.63, 3.8) is 0 Å². The van der Waals surface area contributed by atoms with Gasteiger partial charge in [0.25, 0.3) is 0 Å². The van der Waals surface area contributed by atoms with Crippen molar-refractivity contribution in [2.24, 2.45) is 5.92 Å². The van der Waals surface area contributed by atoms with Gasteiger partial charge < -0.3 is 10.2 Å². The van der Waals surface area contributed by atoms with Gasteiger partial charge in [0.2, 0.25) is 11.8 Å². The van der Waals surface area contributed by atoms with Crippen molar-refractivity contribution in [1.29, 1.82) is 0 Å². The second-order valence-electron chi connectivity index (χ2n) is 5.38. The van der Waals surface area contributed by atoms with E-state index in [2.05, 4.69) is 11.9 Å². The highest BCUT2D eigenvalue weighted by Crippen LogP contribution is 2.17. The number of amides is 2. The van der Waals surface area contributed by atoms with Gasteiger partial charge in [-0.2, -0.15) is 0 Å². The largest absolute Gasteiger partial charge is 0.352 e. The molecule has 22 heavy (non-hydrogen) atoms. The summed E-state index contributed by atoms with van der Waals surface area (Å²) in [4.78, 5) is 25.8. The van der Waals surface area contributed by atoms with Crippen LogP contribution < -0.4 is 5.32 Å². The number of piperidine rings is 1. The fourth-order valence-corrected chi connectivity index (χ4v) is 2.52. The highest BCUT2D eigenvalue weighted by atomic mass is 16.2. The normalized spacial score (nSPS) is 15.7. The van der Waals surface area contributed by atoms with E-state index in [-0.39, 0.29) is 17.7 Å². The summed E-state index contributed by atoms with van der Waals surface area (Å²) in [7, 11) is 0. The molecule has 1 saturated heterocycles. The molecular formula is C18H22N2O2. The molecule has 116 valence electrons. The molecule has 0 spiro atoms. The van der Waals surface area contributed by atoms with Crippen LogP contribution in [0.25, 0.3) is 6.08 Å². The van der Waals surface area contributed by atoms with Gasteiger partial charge in [-0.1, -0.05) is 36.4 Å². The van der Waals surface area contributed by atoms with E-state index in [1.54, 1.807) is 17.1 Å². The number of carbonyl (C=O) groups is 2. The maximum absolute atomic E-state index is 12.1. The molecule has 0 atom stereocenters. The average Bonchev–Trinajstić information content (AvgIpc) is 2.58. The zero-order valence-corrected chi connectivity index (χ0v) is 12.7. The smallest absolute Gasteiger partial charge is 0.246 e. The summed E-state index contributed by atoms with van der Waals surface area (Å²) in [5.41, 5.74) is 1.01. The summed E-state index contributed by atoms with van der Waals surface area (Å²) >= 11 is 0. The molecule has 4 nitrogen and oxygen atoms in total. The summed E-state index contributed by atoms with van der Waals surface area (Å²) in [5.74, 6) is 0.0720. The van der Waals surface area contributed by atoms with Crippen molar-refractivity contribution in [2.75, 3.05) is 19.6 Å². The van der Waals surface area contributed by atoms with E-state index < -0.39 is 0 Å². The Morgan fingerprint density at radius 3 is 2.55 bits per heavy atom. The van der Waals surface area contributed by atoms with Gasteiger partial charge in [0.15, 0.2) is 0 Å². The van der Waals surface area contributed by atoms with E-state index in [9.17, 15) is 9.59 Å². The Balaban J connectivity index is 1.81. The summed E-state index contributed by atoms with van der Waals surface area (Å²) in [6.07, 6.45) is 6.53. The van der Waals surface area contributed by atoms with Crippen LogP contribution in [0.1, 0.15) is 18.4 Å². The molecule has 2 rings (SSSR count). The minimum Gasteiger partial charge on any atom is -0.352 e. The van der Waals surface area contributed by atoms with E-state index in [4.69, 9.17) is 0 Å². The summed E-state index contributed by atoms with van der Waals surface area (Å²) in [6.45, 7) is 5.34. The van der Waals surface area contributed by atoms with Crippen LogP contribution in [0.5, 0.6) is 0 Å². The molecule has 4 heteroatoms. The van der Waals surface area contributed by atoms with Crippen LogP contribution in [-0.2, 0) is 9.59 Å². The highest BCUT2D eigenvalue weighted by Gasteiger charge is 2.26. The quantitative estimate of drug-likeness (QED) is 0.669. The molecule has 1 N–H and O–H groups in total. The standard InChI is InChI=1S/C18H22N2O2/c1-2-12-19-18(22)16-10-13-20(14-11-16)17(21)9-8-15-6-4-3-5-7-15/h2-9,16H,1,10-14H2,(H,19,22). The van der Waals surface area contributed by atoms with Crippen molar-refractivity contribution in [1.82, 2.24) is 10.2 Å². The topological polar surface area (TPSA) is 49.4 Å². The molecule has 0 bridgehead atoms. The van der Waals surface area contributed by atoms with E-state index in [1.165, 1.54) is 0 Å². The molecule has 0 radical (unpaired) electrons. The minimum atomic E-state index is 0.00195. The lowest BCUT2D eigenvalue weighted by Crippen LogP contribution is -2.42. The first-order valence-corrected chi connectivity index (χ1v) is 7.61. The lowest BCUT2D eigenvalue weighted by Gasteiger charge is -2.30. The lowest BCUT2D eigenvalue weighted by atomic mass is 9.96. The fraction of sp³-hybridized carbons (Fsp3) is 0.333. The molecule has 1 aliphatic rings. The first-order valence-electron chi connectivity index (χ1n) is 7.61. The van der Waals surface area contributed by atoms with Crippen molar-refractivity contribution >= 4 is 17.9 Å². The van der Waals surface area contributed by atoms with Crippen LogP contribution in [0.15, 0.2) is 49.1 Å². The number of hydrogen-bond acceptors (Lipinski definition) is 2. The van der Waals surface area contributed by atoms with E-state index in [0.29, 0.717) is 32.5 Å². The average molecular weight is 298 g/mol. The van der Waals surface area contributed by atoms with Crippen molar-refractivity contribution < 1.29 is 9.59 Å². The number of likely N-dealkylation sites (tertiary alicyclic amines) is 1. The van der Waals surface area contributed by atoms with Crippen LogP contribution in [-0.4, -0.2) is 36.3 Å². The molecule has 1 aliphatic heterocycles. The molecule has 1 aromatic rings. The Morgan fingerprint density at radius 2 is 1.91 bits per heavy atom. The molecular weight excluding hydrogens is 276 g/mol. The predicted octanol–water partition coefficient (Wildman–Crippen LogP) is 2.24. The molecule has 0 aromatic heterocycles. The molecule has 2 amide bonds. The van der Waals surface area contributed by atoms with E-state index in [0.717, 1.165) is 5.56 Å². The van der Waals surface area contributed by atoms with Gasteiger partial charge in [0.05, 0.1) is 0 Å². The van der Waals surface area contributed by atoms with Gasteiger partial charge in [-0.15, -0.1) is 6.58 Å². The van der Waals surface area contributed by atoms with Crippen molar-refractivity contribution in [3.8, 4) is 0 Å². The van der Waals surface area contributed by atoms with Crippen LogP contribution in [0.2, 0.25) is 0 Å². The first-order chi connectivity index (χ1) is 10.7. The maximum atomic E-state index is 12.1. The Hall–Kier alpha value is -2.36. The molecule has 0 unspecified atom stereocenters. The monoisotopic (exact) mass is 298 g/mol. The Bertz CT molecular complexity index is 543. The summed E-state index contributed by atoms with van der Waals surface area (Å²) in [5, 5.41) is 2.82. The molecule has 1 fully saturated rings. The summed E-state index contributed by atoms with van der Waals surface area (Å²) < 4.78 is 0. The predicted molar refractivity (Wildman–Crippen MR) is 88.0 cm³/mol. The van der Waals surface area contributed by atoms with Crippen LogP contribution in [0, 0.1) is 5.92 Å². The van der Waals surface area contributed by atoms with E-state index >= 15 is 0 Å². The second-order valence-corrected chi connectivity index (χ2v) is 5.38. The van der Waals surface area contributed by atoms with Crippen LogP contribution >= 0.6 is 0 Å². The number of nitrogens with one attached hydrogen (secondary N) is 1. The fourth-order valence-electron chi connectivity index (χ4n) is 2.52. The van der Waals surface area contributed by atoms with Gasteiger partial charge in [-0.05, 0) is 24.5 Å². The number of hydrogen-bond donors (Lipinski definition) is 1. The van der Waals surface area contributed by atoms with Crippen LogP contribution in [0.3, 0.4) is 0 Å². The minimum absolute atomic E-state index is 0.00195. The number of nitrogens with zero attached hydrogens (tertiary/aromatic N) is 1. The number of benzene rings is 1. The van der Waals surface area contributed by atoms with Gasteiger partial charge in [0, 0.05) is 31.6 Å². The summed E-state index contributed by atoms with van der Waals surface area (Å²) in [6, 6.07) is 9.75. The first kappa shape index (κ1) is 16.0. The molecule has 0 aliphatic carbocycles. The van der Waals surface area contributed by atoms with Crippen molar-refractivity contribution in [2.45, 2.75) is 12.8 Å². The maximum Gasteiger partial charge on any atom is 0.246 e. The van der Waals surface area contributed by atoms with Gasteiger partial charge in [0.1, 0.15) is 0 Å².